The Kier molecular flexibility index (Phi) is 2.63. The maximum absolute atomic E-state index is 11.6. The smallest absolute Gasteiger partial charge is 0.280 e. The van der Waals surface area contributed by atoms with Gasteiger partial charge in [-0.15, -0.1) is 0 Å². The molecule has 16 heavy (non-hydrogen) atoms. The summed E-state index contributed by atoms with van der Waals surface area (Å²) >= 11 is 1.45. The van der Waals surface area contributed by atoms with Crippen LogP contribution >= 0.6 is 11.8 Å². The number of hydrazone groups is 1. The molecule has 0 saturated carbocycles. The summed E-state index contributed by atoms with van der Waals surface area (Å²) in [5.74, 6) is -0.0562. The van der Waals surface area contributed by atoms with Crippen molar-refractivity contribution in [1.29, 1.82) is 0 Å². The van der Waals surface area contributed by atoms with Crippen molar-refractivity contribution in [2.75, 3.05) is 0 Å². The normalized spacial score (nSPS) is 24.4. The van der Waals surface area contributed by atoms with Crippen LogP contribution < -0.4 is 10.8 Å². The largest absolute Gasteiger partial charge is 0.328 e. The van der Waals surface area contributed by atoms with Gasteiger partial charge in [-0.05, 0) is 12.5 Å². The van der Waals surface area contributed by atoms with Gasteiger partial charge in [-0.2, -0.15) is 10.1 Å². The lowest BCUT2D eigenvalue weighted by atomic mass is 10.1. The number of amides is 1. The van der Waals surface area contributed by atoms with Crippen LogP contribution in [0.2, 0.25) is 0 Å². The number of rotatable bonds is 1. The van der Waals surface area contributed by atoms with Crippen molar-refractivity contribution in [1.82, 2.24) is 5.01 Å². The van der Waals surface area contributed by atoms with Crippen LogP contribution in [0.3, 0.4) is 0 Å². The molecule has 3 N–H and O–H groups in total. The van der Waals surface area contributed by atoms with Crippen molar-refractivity contribution >= 4 is 22.8 Å². The van der Waals surface area contributed by atoms with Crippen molar-refractivity contribution in [3.05, 3.63) is 35.9 Å². The highest BCUT2D eigenvalue weighted by Gasteiger charge is 2.45. The number of thioether (sulfide) groups is 1. The number of benzene rings is 1. The summed E-state index contributed by atoms with van der Waals surface area (Å²) in [5, 5.41) is 4.98. The third kappa shape index (κ3) is 1.67. The van der Waals surface area contributed by atoms with Gasteiger partial charge in [0.25, 0.3) is 5.91 Å². The van der Waals surface area contributed by atoms with Gasteiger partial charge in [-0.3, -0.25) is 10.5 Å². The average molecular weight is 236 g/mol. The van der Waals surface area contributed by atoms with Crippen molar-refractivity contribution in [2.24, 2.45) is 5.73 Å². The van der Waals surface area contributed by atoms with Crippen LogP contribution in [0, 0.1) is 0 Å². The molecule has 5 heteroatoms. The summed E-state index contributed by atoms with van der Waals surface area (Å²) in [4.78, 5) is 11.1. The number of hydrogen-bond acceptors (Lipinski definition) is 3. The molecule has 1 unspecified atom stereocenters. The molecular formula is C11H14N3OS+. The first-order chi connectivity index (χ1) is 7.54. The minimum Gasteiger partial charge on any atom is -0.280 e. The second kappa shape index (κ2) is 3.83. The molecule has 0 saturated heterocycles. The topological polar surface area (TPSA) is 60.3 Å². The number of hydrazine groups is 1. The van der Waals surface area contributed by atoms with Gasteiger partial charge in [0.2, 0.25) is 0 Å². The highest BCUT2D eigenvalue weighted by atomic mass is 32.2. The van der Waals surface area contributed by atoms with Crippen molar-refractivity contribution in [3.63, 3.8) is 0 Å². The Hall–Kier alpha value is -1.49. The van der Waals surface area contributed by atoms with E-state index >= 15 is 0 Å². The fourth-order valence-corrected chi connectivity index (χ4v) is 2.90. The molecule has 2 rings (SSSR count). The lowest BCUT2D eigenvalue weighted by Crippen LogP contribution is -2.85. The first-order valence-electron chi connectivity index (χ1n) is 4.98. The van der Waals surface area contributed by atoms with Gasteiger partial charge in [0.15, 0.2) is 4.87 Å². The van der Waals surface area contributed by atoms with E-state index in [2.05, 4.69) is 5.10 Å². The minimum atomic E-state index is -0.475. The number of amidine groups is 1. The highest BCUT2D eigenvalue weighted by Crippen LogP contribution is 2.38. The van der Waals surface area contributed by atoms with E-state index in [1.165, 1.54) is 18.7 Å². The van der Waals surface area contributed by atoms with Crippen LogP contribution in [-0.2, 0) is 9.67 Å². The minimum absolute atomic E-state index is 0.0562. The molecule has 1 aromatic carbocycles. The molecule has 1 heterocycles. The maximum Gasteiger partial charge on any atom is 0.328 e. The molecule has 1 aromatic rings. The second-order valence-corrected chi connectivity index (χ2v) is 5.22. The van der Waals surface area contributed by atoms with Crippen LogP contribution in [0.1, 0.15) is 19.4 Å². The first kappa shape index (κ1) is 11.0. The lowest BCUT2D eigenvalue weighted by molar-refractivity contribution is -0.630. The first-order valence-corrected chi connectivity index (χ1v) is 5.80. The predicted octanol–water partition coefficient (Wildman–Crippen LogP) is -0.235. The van der Waals surface area contributed by atoms with E-state index in [9.17, 15) is 4.79 Å². The molecule has 0 spiro atoms. The van der Waals surface area contributed by atoms with Crippen LogP contribution in [0.25, 0.3) is 0 Å². The number of carbonyl (C=O) groups is 1. The Morgan fingerprint density at radius 3 is 2.62 bits per heavy atom. The zero-order valence-corrected chi connectivity index (χ0v) is 10.0. The van der Waals surface area contributed by atoms with E-state index in [0.717, 1.165) is 5.56 Å². The fraction of sp³-hybridized carbons (Fsp3) is 0.273. The number of nitrogens with zero attached hydrogens (tertiary/aromatic N) is 1. The summed E-state index contributed by atoms with van der Waals surface area (Å²) in [7, 11) is 0. The van der Waals surface area contributed by atoms with E-state index in [4.69, 9.17) is 5.73 Å². The SMILES string of the molecule is CC(=O)N1[NH+]=C(N)SC1(C)c1ccccc1. The summed E-state index contributed by atoms with van der Waals surface area (Å²) in [6.45, 7) is 3.49. The molecule has 1 aliphatic heterocycles. The quantitative estimate of drug-likeness (QED) is 0.708. The Morgan fingerprint density at radius 2 is 2.06 bits per heavy atom. The molecule has 84 valence electrons. The van der Waals surface area contributed by atoms with E-state index in [1.54, 1.807) is 5.01 Å². The van der Waals surface area contributed by atoms with Gasteiger partial charge in [0.05, 0.1) is 0 Å². The lowest BCUT2D eigenvalue weighted by Gasteiger charge is -2.28. The van der Waals surface area contributed by atoms with Crippen molar-refractivity contribution < 1.29 is 9.90 Å². The average Bonchev–Trinajstić information content (AvgIpc) is 2.57. The maximum atomic E-state index is 11.6. The summed E-state index contributed by atoms with van der Waals surface area (Å²) < 4.78 is 0. The zero-order chi connectivity index (χ0) is 11.8. The van der Waals surface area contributed by atoms with Gasteiger partial charge < -0.3 is 0 Å². The molecule has 1 aliphatic rings. The van der Waals surface area contributed by atoms with Gasteiger partial charge in [-0.1, -0.05) is 30.3 Å². The molecular weight excluding hydrogens is 222 g/mol. The van der Waals surface area contributed by atoms with Crippen molar-refractivity contribution in [3.8, 4) is 0 Å². The molecule has 1 amide bonds. The van der Waals surface area contributed by atoms with Gasteiger partial charge in [0, 0.05) is 18.7 Å². The number of carbonyl (C=O) groups excluding carboxylic acids is 1. The molecule has 0 aliphatic carbocycles. The molecule has 0 radical (unpaired) electrons. The van der Waals surface area contributed by atoms with Crippen LogP contribution in [0.15, 0.2) is 30.3 Å². The number of nitrogens with one attached hydrogen (secondary N) is 1. The molecule has 4 nitrogen and oxygen atoms in total. The third-order valence-electron chi connectivity index (χ3n) is 2.58. The Labute approximate surface area is 98.5 Å². The highest BCUT2D eigenvalue weighted by molar-refractivity contribution is 8.14. The fourth-order valence-electron chi connectivity index (χ4n) is 1.81. The molecule has 0 fully saturated rings. The third-order valence-corrected chi connectivity index (χ3v) is 3.71. The Balaban J connectivity index is 2.43. The zero-order valence-electron chi connectivity index (χ0n) is 9.23. The molecule has 0 bridgehead atoms. The van der Waals surface area contributed by atoms with Gasteiger partial charge >= 0.3 is 5.17 Å². The summed E-state index contributed by atoms with van der Waals surface area (Å²) in [6.07, 6.45) is 0. The van der Waals surface area contributed by atoms with Gasteiger partial charge in [0.1, 0.15) is 0 Å². The van der Waals surface area contributed by atoms with Crippen LogP contribution in [-0.4, -0.2) is 16.1 Å². The molecule has 0 aromatic heterocycles. The van der Waals surface area contributed by atoms with Crippen molar-refractivity contribution in [2.45, 2.75) is 18.7 Å². The predicted molar refractivity (Wildman–Crippen MR) is 64.1 cm³/mol. The Morgan fingerprint density at radius 1 is 1.44 bits per heavy atom. The summed E-state index contributed by atoms with van der Waals surface area (Å²) in [5.41, 5.74) is 6.80. The Bertz CT molecular complexity index is 446. The standard InChI is InChI=1S/C11H13N3OS/c1-8(15)14-11(2,16-10(12)13-14)9-6-4-3-5-7-9/h3-7H,1-2H3,(H2,12,13)/p+1. The number of hydrogen-bond donors (Lipinski definition) is 2. The van der Waals surface area contributed by atoms with Crippen LogP contribution in [0.5, 0.6) is 0 Å². The monoisotopic (exact) mass is 236 g/mol. The summed E-state index contributed by atoms with van der Waals surface area (Å²) in [6, 6.07) is 9.83. The van der Waals surface area contributed by atoms with Crippen LogP contribution in [0.4, 0.5) is 0 Å². The van der Waals surface area contributed by atoms with E-state index < -0.39 is 4.87 Å². The van der Waals surface area contributed by atoms with E-state index in [1.807, 2.05) is 37.3 Å². The van der Waals surface area contributed by atoms with E-state index in [0.29, 0.717) is 5.17 Å². The van der Waals surface area contributed by atoms with Gasteiger partial charge in [-0.25, -0.2) is 0 Å². The second-order valence-electron chi connectivity index (χ2n) is 3.78. The van der Waals surface area contributed by atoms with E-state index in [-0.39, 0.29) is 5.91 Å². The molecule has 1 atom stereocenters. The number of nitrogens with two attached hydrogens (primary N) is 1.